The van der Waals surface area contributed by atoms with Gasteiger partial charge in [-0.2, -0.15) is 0 Å². The molecule has 4 heteroatoms. The lowest BCUT2D eigenvalue weighted by atomic mass is 10.3. The van der Waals surface area contributed by atoms with Crippen LogP contribution in [-0.2, 0) is 0 Å². The van der Waals surface area contributed by atoms with Crippen LogP contribution in [0.25, 0.3) is 0 Å². The Balaban J connectivity index is 2.66. The van der Waals surface area contributed by atoms with Crippen molar-refractivity contribution in [2.24, 2.45) is 0 Å². The summed E-state index contributed by atoms with van der Waals surface area (Å²) in [4.78, 5) is 0. The van der Waals surface area contributed by atoms with Crippen molar-refractivity contribution in [2.75, 3.05) is 0 Å². The molecule has 0 amide bonds. The zero-order valence-electron chi connectivity index (χ0n) is 5.35. The molecule has 0 saturated carbocycles. The summed E-state index contributed by atoms with van der Waals surface area (Å²) in [6, 6.07) is 10.4. The van der Waals surface area contributed by atoms with E-state index in [1.165, 1.54) is 0 Å². The molecule has 1 aromatic carbocycles. The molecule has 0 heterocycles. The van der Waals surface area contributed by atoms with Gasteiger partial charge in [-0.1, -0.05) is 12.1 Å². The van der Waals surface area contributed by atoms with Gasteiger partial charge in [0.1, 0.15) is 5.75 Å². The molecular formula is C7H4I3O. The summed E-state index contributed by atoms with van der Waals surface area (Å²) in [6.45, 7) is 0. The second-order valence-corrected chi connectivity index (χ2v) is 12.5. The van der Waals surface area contributed by atoms with Gasteiger partial charge in [0.2, 0.25) is 0 Å². The van der Waals surface area contributed by atoms with E-state index in [4.69, 9.17) is 4.74 Å². The third-order valence-corrected chi connectivity index (χ3v) is 1.57. The van der Waals surface area contributed by atoms with Gasteiger partial charge in [-0.3, -0.25) is 0 Å². The molecule has 0 aromatic heterocycles. The highest BCUT2D eigenvalue weighted by atomic mass is 127. The standard InChI is InChI=1S/C7H4I3O/c8-7(9,10)11-6-4-2-1-3-5-6/h1-2,4-5H. The second-order valence-electron chi connectivity index (χ2n) is 1.79. The lowest BCUT2D eigenvalue weighted by molar-refractivity contribution is 0.378. The number of benzene rings is 1. The topological polar surface area (TPSA) is 9.23 Å². The molecular weight excluding hydrogens is 481 g/mol. The van der Waals surface area contributed by atoms with Crippen LogP contribution in [0.15, 0.2) is 24.3 Å². The zero-order chi connectivity index (χ0) is 8.32. The van der Waals surface area contributed by atoms with Gasteiger partial charge in [0, 0.05) is 0 Å². The van der Waals surface area contributed by atoms with E-state index in [1.807, 2.05) is 24.3 Å². The minimum absolute atomic E-state index is 0.206. The van der Waals surface area contributed by atoms with Crippen LogP contribution in [0, 0.1) is 6.07 Å². The first-order valence-electron chi connectivity index (χ1n) is 2.80. The summed E-state index contributed by atoms with van der Waals surface area (Å²) in [5.41, 5.74) is 0. The van der Waals surface area contributed by atoms with Gasteiger partial charge in [0.15, 0.2) is 0 Å². The molecule has 0 atom stereocenters. The van der Waals surface area contributed by atoms with E-state index >= 15 is 0 Å². The number of halogens is 3. The molecule has 0 aliphatic rings. The molecule has 1 radical (unpaired) electrons. The molecule has 0 saturated heterocycles. The first-order valence-corrected chi connectivity index (χ1v) is 6.03. The molecule has 1 rings (SSSR count). The average molecular weight is 485 g/mol. The van der Waals surface area contributed by atoms with Gasteiger partial charge in [-0.05, 0) is 86.0 Å². The molecule has 0 N–H and O–H groups in total. The fraction of sp³-hybridized carbons (Fsp3) is 0.143. The maximum absolute atomic E-state index is 5.53. The predicted molar refractivity (Wildman–Crippen MR) is 70.7 cm³/mol. The fourth-order valence-electron chi connectivity index (χ4n) is 0.574. The molecule has 0 aliphatic carbocycles. The van der Waals surface area contributed by atoms with Crippen LogP contribution in [-0.4, -0.2) is -0.379 Å². The number of ether oxygens (including phenoxy) is 1. The highest BCUT2D eigenvalue weighted by Gasteiger charge is 2.18. The quantitative estimate of drug-likeness (QED) is 0.459. The van der Waals surface area contributed by atoms with Crippen molar-refractivity contribution >= 4 is 67.8 Å². The smallest absolute Gasteiger partial charge is 0.258 e. The van der Waals surface area contributed by atoms with Crippen LogP contribution < -0.4 is 4.74 Å². The number of rotatable bonds is 2. The molecule has 1 aromatic rings. The van der Waals surface area contributed by atoms with Gasteiger partial charge in [0.05, 0.1) is 0 Å². The second kappa shape index (κ2) is 4.45. The summed E-state index contributed by atoms with van der Waals surface area (Å²) >= 11 is 6.65. The first-order chi connectivity index (χ1) is 5.08. The van der Waals surface area contributed by atoms with Gasteiger partial charge < -0.3 is 4.74 Å². The lowest BCUT2D eigenvalue weighted by Crippen LogP contribution is -2.09. The highest BCUT2D eigenvalue weighted by Crippen LogP contribution is 2.37. The van der Waals surface area contributed by atoms with E-state index in [2.05, 4.69) is 73.8 Å². The third kappa shape index (κ3) is 4.71. The molecule has 0 spiro atoms. The SMILES string of the molecule is IC(I)(I)Oc1c[c]ccc1. The van der Waals surface area contributed by atoms with Crippen LogP contribution in [0.5, 0.6) is 5.75 Å². The van der Waals surface area contributed by atoms with E-state index in [9.17, 15) is 0 Å². The van der Waals surface area contributed by atoms with Crippen molar-refractivity contribution in [2.45, 2.75) is -0.379 Å². The van der Waals surface area contributed by atoms with Gasteiger partial charge >= 0.3 is 0 Å². The Morgan fingerprint density at radius 1 is 1.36 bits per heavy atom. The van der Waals surface area contributed by atoms with E-state index in [0.29, 0.717) is 0 Å². The summed E-state index contributed by atoms with van der Waals surface area (Å²) in [5, 5.41) is 0. The van der Waals surface area contributed by atoms with Crippen molar-refractivity contribution in [1.82, 2.24) is 0 Å². The third-order valence-electron chi connectivity index (χ3n) is 0.912. The number of alkyl halides is 3. The minimum atomic E-state index is -0.206. The fourth-order valence-corrected chi connectivity index (χ4v) is 1.34. The van der Waals surface area contributed by atoms with Crippen molar-refractivity contribution in [3.05, 3.63) is 30.3 Å². The molecule has 0 bridgehead atoms. The van der Waals surface area contributed by atoms with Crippen molar-refractivity contribution in [3.63, 3.8) is 0 Å². The van der Waals surface area contributed by atoms with Crippen LogP contribution in [0.4, 0.5) is 0 Å². The van der Waals surface area contributed by atoms with Crippen molar-refractivity contribution in [1.29, 1.82) is 0 Å². The van der Waals surface area contributed by atoms with Crippen molar-refractivity contribution in [3.8, 4) is 5.75 Å². The molecule has 0 fully saturated rings. The van der Waals surface area contributed by atoms with E-state index in [0.717, 1.165) is 5.75 Å². The van der Waals surface area contributed by atoms with Crippen LogP contribution in [0.1, 0.15) is 0 Å². The molecule has 0 aliphatic heterocycles. The minimum Gasteiger partial charge on any atom is -0.459 e. The van der Waals surface area contributed by atoms with Crippen LogP contribution >= 0.6 is 67.8 Å². The van der Waals surface area contributed by atoms with Gasteiger partial charge in [0.25, 0.3) is -0.379 Å². The molecule has 11 heavy (non-hydrogen) atoms. The summed E-state index contributed by atoms with van der Waals surface area (Å²) in [7, 11) is 0. The molecule has 0 unspecified atom stereocenters. The largest absolute Gasteiger partial charge is 0.459 e. The predicted octanol–water partition coefficient (Wildman–Crippen LogP) is 3.78. The highest BCUT2D eigenvalue weighted by molar-refractivity contribution is 14.3. The van der Waals surface area contributed by atoms with Crippen LogP contribution in [0.2, 0.25) is 0 Å². The van der Waals surface area contributed by atoms with Crippen molar-refractivity contribution < 1.29 is 4.74 Å². The monoisotopic (exact) mass is 485 g/mol. The van der Waals surface area contributed by atoms with Crippen LogP contribution in [0.3, 0.4) is 0 Å². The first kappa shape index (κ1) is 10.3. The Labute approximate surface area is 107 Å². The van der Waals surface area contributed by atoms with E-state index < -0.39 is 0 Å². The summed E-state index contributed by atoms with van der Waals surface area (Å²) in [5.74, 6) is 0.853. The average Bonchev–Trinajstić information content (AvgIpc) is 1.85. The Morgan fingerprint density at radius 3 is 2.55 bits per heavy atom. The number of hydrogen-bond acceptors (Lipinski definition) is 1. The van der Waals surface area contributed by atoms with Gasteiger partial charge in [-0.25, -0.2) is 0 Å². The Bertz CT molecular complexity index is 217. The maximum Gasteiger partial charge on any atom is 0.258 e. The Kier molecular flexibility index (Phi) is 4.16. The maximum atomic E-state index is 5.53. The van der Waals surface area contributed by atoms with E-state index in [1.54, 1.807) is 0 Å². The van der Waals surface area contributed by atoms with E-state index in [-0.39, 0.29) is -0.379 Å². The molecule has 1 nitrogen and oxygen atoms in total. The normalized spacial score (nSPS) is 11.2. The molecule has 59 valence electrons. The summed E-state index contributed by atoms with van der Waals surface area (Å²) < 4.78 is 5.32. The Hall–Kier alpha value is 1.21. The van der Waals surface area contributed by atoms with Gasteiger partial charge in [-0.15, -0.1) is 0 Å². The zero-order valence-corrected chi connectivity index (χ0v) is 11.8. The summed E-state index contributed by atoms with van der Waals surface area (Å²) in [6.07, 6.45) is 0. The lowest BCUT2D eigenvalue weighted by Gasteiger charge is -2.14. The Morgan fingerprint density at radius 2 is 2.09 bits per heavy atom. The number of hydrogen-bond donors (Lipinski definition) is 0.